The number of nitrogens with zero attached hydrogens (tertiary/aromatic N) is 2. The number of rotatable bonds is 3. The van der Waals surface area contributed by atoms with Gasteiger partial charge in [0, 0.05) is 24.6 Å². The Labute approximate surface area is 121 Å². The molecule has 0 aliphatic heterocycles. The minimum Gasteiger partial charge on any atom is -0.393 e. The van der Waals surface area contributed by atoms with E-state index in [1.54, 1.807) is 0 Å². The molecular weight excluding hydrogens is 252 g/mol. The van der Waals surface area contributed by atoms with E-state index < -0.39 is 0 Å². The van der Waals surface area contributed by atoms with Gasteiger partial charge in [-0.1, -0.05) is 20.8 Å². The van der Waals surface area contributed by atoms with Gasteiger partial charge in [0.05, 0.1) is 6.10 Å². The van der Waals surface area contributed by atoms with E-state index in [1.165, 1.54) is 0 Å². The SMILES string of the molecule is CNc1cc(NC2CCC(O)CC2)nc(C(C)(C)C)n1. The topological polar surface area (TPSA) is 70.1 Å². The van der Waals surface area contributed by atoms with E-state index in [-0.39, 0.29) is 11.5 Å². The fraction of sp³-hybridized carbons (Fsp3) is 0.733. The van der Waals surface area contributed by atoms with Crippen LogP contribution in [0.4, 0.5) is 11.6 Å². The average Bonchev–Trinajstić information content (AvgIpc) is 2.40. The third kappa shape index (κ3) is 3.82. The normalized spacial score (nSPS) is 23.4. The van der Waals surface area contributed by atoms with Crippen LogP contribution in [0.25, 0.3) is 0 Å². The lowest BCUT2D eigenvalue weighted by molar-refractivity contribution is 0.126. The van der Waals surface area contributed by atoms with Gasteiger partial charge in [-0.2, -0.15) is 0 Å². The largest absolute Gasteiger partial charge is 0.393 e. The quantitative estimate of drug-likeness (QED) is 0.792. The number of hydrogen-bond acceptors (Lipinski definition) is 5. The van der Waals surface area contributed by atoms with Crippen LogP contribution in [0.2, 0.25) is 0 Å². The van der Waals surface area contributed by atoms with E-state index in [1.807, 2.05) is 13.1 Å². The summed E-state index contributed by atoms with van der Waals surface area (Å²) in [6.07, 6.45) is 3.59. The van der Waals surface area contributed by atoms with Gasteiger partial charge in [-0.05, 0) is 25.7 Å². The molecule has 2 rings (SSSR count). The highest BCUT2D eigenvalue weighted by Gasteiger charge is 2.22. The standard InChI is InChI=1S/C15H26N4O/c1-15(2,3)14-18-12(16-4)9-13(19-14)17-10-5-7-11(20)8-6-10/h9-11,20H,5-8H2,1-4H3,(H2,16,17,18,19). The molecule has 1 saturated carbocycles. The summed E-state index contributed by atoms with van der Waals surface area (Å²) < 4.78 is 0. The summed E-state index contributed by atoms with van der Waals surface area (Å²) in [5.41, 5.74) is -0.0773. The van der Waals surface area contributed by atoms with Crippen molar-refractivity contribution in [2.24, 2.45) is 0 Å². The number of aliphatic hydroxyl groups excluding tert-OH is 1. The molecule has 1 fully saturated rings. The zero-order valence-electron chi connectivity index (χ0n) is 12.9. The van der Waals surface area contributed by atoms with Gasteiger partial charge in [-0.25, -0.2) is 9.97 Å². The molecule has 1 aromatic rings. The Kier molecular flexibility index (Phi) is 4.48. The minimum absolute atomic E-state index is 0.0773. The zero-order valence-corrected chi connectivity index (χ0v) is 12.9. The van der Waals surface area contributed by atoms with Gasteiger partial charge in [0.2, 0.25) is 0 Å². The summed E-state index contributed by atoms with van der Waals surface area (Å²) >= 11 is 0. The van der Waals surface area contributed by atoms with Crippen molar-refractivity contribution in [1.82, 2.24) is 9.97 Å². The van der Waals surface area contributed by atoms with E-state index in [4.69, 9.17) is 0 Å². The smallest absolute Gasteiger partial charge is 0.138 e. The summed E-state index contributed by atoms with van der Waals surface area (Å²) in [5, 5.41) is 16.1. The Bertz CT molecular complexity index is 448. The van der Waals surface area contributed by atoms with Crippen LogP contribution in [0.5, 0.6) is 0 Å². The molecule has 0 aromatic carbocycles. The molecule has 0 amide bonds. The maximum Gasteiger partial charge on any atom is 0.138 e. The van der Waals surface area contributed by atoms with Crippen molar-refractivity contribution in [2.75, 3.05) is 17.7 Å². The lowest BCUT2D eigenvalue weighted by Gasteiger charge is -2.27. The van der Waals surface area contributed by atoms with Gasteiger partial charge in [0.15, 0.2) is 0 Å². The van der Waals surface area contributed by atoms with Gasteiger partial charge in [0.25, 0.3) is 0 Å². The Morgan fingerprint density at radius 1 is 1.10 bits per heavy atom. The Hall–Kier alpha value is -1.36. The summed E-state index contributed by atoms with van der Waals surface area (Å²) in [7, 11) is 1.87. The fourth-order valence-corrected chi connectivity index (χ4v) is 2.41. The number of aliphatic hydroxyl groups is 1. The summed E-state index contributed by atoms with van der Waals surface area (Å²) in [4.78, 5) is 9.17. The van der Waals surface area contributed by atoms with Crippen molar-refractivity contribution < 1.29 is 5.11 Å². The summed E-state index contributed by atoms with van der Waals surface area (Å²) in [5.74, 6) is 2.54. The molecule has 1 aliphatic carbocycles. The number of anilines is 2. The minimum atomic E-state index is -0.128. The van der Waals surface area contributed by atoms with Crippen LogP contribution in [0.15, 0.2) is 6.07 Å². The van der Waals surface area contributed by atoms with Gasteiger partial charge in [-0.3, -0.25) is 0 Å². The van der Waals surface area contributed by atoms with E-state index in [0.717, 1.165) is 43.1 Å². The molecule has 0 bridgehead atoms. The molecule has 20 heavy (non-hydrogen) atoms. The second-order valence-corrected chi connectivity index (χ2v) is 6.61. The van der Waals surface area contributed by atoms with Crippen LogP contribution < -0.4 is 10.6 Å². The summed E-state index contributed by atoms with van der Waals surface area (Å²) in [6.45, 7) is 6.34. The average molecular weight is 278 g/mol. The molecule has 1 aromatic heterocycles. The monoisotopic (exact) mass is 278 g/mol. The third-order valence-electron chi connectivity index (χ3n) is 3.70. The van der Waals surface area contributed by atoms with Crippen molar-refractivity contribution in [3.8, 4) is 0 Å². The molecule has 5 nitrogen and oxygen atoms in total. The molecular formula is C15H26N4O. The lowest BCUT2D eigenvalue weighted by Crippen LogP contribution is -2.29. The number of nitrogens with one attached hydrogen (secondary N) is 2. The van der Waals surface area contributed by atoms with Gasteiger partial charge in [0.1, 0.15) is 17.5 Å². The molecule has 1 heterocycles. The van der Waals surface area contributed by atoms with Crippen LogP contribution >= 0.6 is 0 Å². The molecule has 0 atom stereocenters. The Morgan fingerprint density at radius 2 is 1.70 bits per heavy atom. The van der Waals surface area contributed by atoms with Crippen molar-refractivity contribution >= 4 is 11.6 Å². The van der Waals surface area contributed by atoms with Gasteiger partial charge < -0.3 is 15.7 Å². The van der Waals surface area contributed by atoms with Crippen LogP contribution in [-0.2, 0) is 5.41 Å². The van der Waals surface area contributed by atoms with Crippen molar-refractivity contribution in [2.45, 2.75) is 64.0 Å². The van der Waals surface area contributed by atoms with Crippen molar-refractivity contribution in [1.29, 1.82) is 0 Å². The molecule has 0 spiro atoms. The van der Waals surface area contributed by atoms with Crippen LogP contribution in [0, 0.1) is 0 Å². The fourth-order valence-electron chi connectivity index (χ4n) is 2.41. The highest BCUT2D eigenvalue weighted by molar-refractivity contribution is 5.48. The van der Waals surface area contributed by atoms with Crippen LogP contribution in [0.1, 0.15) is 52.3 Å². The first-order valence-electron chi connectivity index (χ1n) is 7.40. The number of hydrogen-bond donors (Lipinski definition) is 3. The molecule has 0 radical (unpaired) electrons. The van der Waals surface area contributed by atoms with E-state index in [0.29, 0.717) is 6.04 Å². The first-order valence-corrected chi connectivity index (χ1v) is 7.40. The highest BCUT2D eigenvalue weighted by Crippen LogP contribution is 2.25. The first kappa shape index (κ1) is 15.0. The molecule has 1 aliphatic rings. The highest BCUT2D eigenvalue weighted by atomic mass is 16.3. The molecule has 3 N–H and O–H groups in total. The van der Waals surface area contributed by atoms with Crippen molar-refractivity contribution in [3.63, 3.8) is 0 Å². The predicted molar refractivity (Wildman–Crippen MR) is 82.2 cm³/mol. The van der Waals surface area contributed by atoms with Crippen LogP contribution in [0.3, 0.4) is 0 Å². The molecule has 0 saturated heterocycles. The summed E-state index contributed by atoms with van der Waals surface area (Å²) in [6, 6.07) is 2.34. The van der Waals surface area contributed by atoms with Crippen molar-refractivity contribution in [3.05, 3.63) is 11.9 Å². The van der Waals surface area contributed by atoms with E-state index >= 15 is 0 Å². The molecule has 5 heteroatoms. The van der Waals surface area contributed by atoms with Gasteiger partial charge in [-0.15, -0.1) is 0 Å². The Balaban J connectivity index is 2.14. The predicted octanol–water partition coefficient (Wildman–Crippen LogP) is 2.53. The first-order chi connectivity index (χ1) is 9.38. The van der Waals surface area contributed by atoms with E-state index in [2.05, 4.69) is 41.4 Å². The van der Waals surface area contributed by atoms with Crippen LogP contribution in [-0.4, -0.2) is 34.3 Å². The second kappa shape index (κ2) is 5.95. The maximum absolute atomic E-state index is 9.56. The Morgan fingerprint density at radius 3 is 2.25 bits per heavy atom. The lowest BCUT2D eigenvalue weighted by atomic mass is 9.93. The number of aromatic nitrogens is 2. The third-order valence-corrected chi connectivity index (χ3v) is 3.70. The molecule has 112 valence electrons. The second-order valence-electron chi connectivity index (χ2n) is 6.61. The zero-order chi connectivity index (χ0) is 14.8. The molecule has 0 unspecified atom stereocenters. The maximum atomic E-state index is 9.56. The van der Waals surface area contributed by atoms with Gasteiger partial charge >= 0.3 is 0 Å². The van der Waals surface area contributed by atoms with E-state index in [9.17, 15) is 5.11 Å².